The minimum Gasteiger partial charge on any atom is -0.494 e. The van der Waals surface area contributed by atoms with Crippen LogP contribution in [0, 0.1) is 0 Å². The largest absolute Gasteiger partial charge is 0.494 e. The van der Waals surface area contributed by atoms with Gasteiger partial charge in [0.25, 0.3) is 0 Å². The summed E-state index contributed by atoms with van der Waals surface area (Å²) in [6.45, 7) is 3.16. The Balaban J connectivity index is 1.56. The van der Waals surface area contributed by atoms with Crippen LogP contribution in [0.5, 0.6) is 5.88 Å². The van der Waals surface area contributed by atoms with Gasteiger partial charge in [-0.05, 0) is 56.3 Å². The number of aromatic amines is 1. The fourth-order valence-electron chi connectivity index (χ4n) is 4.18. The molecule has 31 heavy (non-hydrogen) atoms. The molecule has 3 heterocycles. The second kappa shape index (κ2) is 8.24. The smallest absolute Gasteiger partial charge is 0.199 e. The van der Waals surface area contributed by atoms with Gasteiger partial charge >= 0.3 is 0 Å². The summed E-state index contributed by atoms with van der Waals surface area (Å²) >= 11 is 0. The number of nitrogens with two attached hydrogens (primary N) is 1. The Hall–Kier alpha value is -3.64. The van der Waals surface area contributed by atoms with Crippen LogP contribution in [0.2, 0.25) is 0 Å². The van der Waals surface area contributed by atoms with Gasteiger partial charge in [-0.25, -0.2) is 4.99 Å². The molecule has 0 spiro atoms. The number of hydrogen-bond donors (Lipinski definition) is 3. The van der Waals surface area contributed by atoms with E-state index in [4.69, 9.17) is 10.7 Å². The molecule has 156 valence electrons. The number of hydrogen-bond acceptors (Lipinski definition) is 5. The highest BCUT2D eigenvalue weighted by atomic mass is 16.3. The molecule has 5 rings (SSSR count). The van der Waals surface area contributed by atoms with Crippen molar-refractivity contribution in [2.45, 2.75) is 19.4 Å². The number of nitrogens with one attached hydrogen (secondary N) is 1. The number of nitrogen functional groups attached to an aromatic ring is 1. The van der Waals surface area contributed by atoms with E-state index in [9.17, 15) is 5.11 Å². The minimum atomic E-state index is 0.0711. The van der Waals surface area contributed by atoms with E-state index in [1.165, 1.54) is 12.8 Å². The number of anilines is 1. The predicted octanol–water partition coefficient (Wildman–Crippen LogP) is 4.62. The molecule has 4 aromatic rings. The van der Waals surface area contributed by atoms with Gasteiger partial charge < -0.3 is 15.8 Å². The van der Waals surface area contributed by atoms with Crippen molar-refractivity contribution in [1.29, 1.82) is 0 Å². The summed E-state index contributed by atoms with van der Waals surface area (Å²) in [5.74, 6) is 0.0711. The van der Waals surface area contributed by atoms with Gasteiger partial charge in [0.05, 0.1) is 34.4 Å². The van der Waals surface area contributed by atoms with Crippen molar-refractivity contribution in [1.82, 2.24) is 14.9 Å². The third-order valence-corrected chi connectivity index (χ3v) is 5.72. The van der Waals surface area contributed by atoms with Crippen molar-refractivity contribution in [3.63, 3.8) is 0 Å². The molecule has 4 N–H and O–H groups in total. The van der Waals surface area contributed by atoms with Gasteiger partial charge in [0.15, 0.2) is 5.88 Å². The lowest BCUT2D eigenvalue weighted by molar-refractivity contribution is 0.327. The Bertz CT molecular complexity index is 1220. The highest BCUT2D eigenvalue weighted by Crippen LogP contribution is 2.32. The highest BCUT2D eigenvalue weighted by molar-refractivity contribution is 6.22. The number of aromatic nitrogens is 2. The van der Waals surface area contributed by atoms with Gasteiger partial charge in [0, 0.05) is 23.2 Å². The summed E-state index contributed by atoms with van der Waals surface area (Å²) in [5, 5.41) is 11.6. The summed E-state index contributed by atoms with van der Waals surface area (Å²) in [4.78, 5) is 15.0. The number of benzene rings is 2. The molecule has 2 aromatic carbocycles. The molecule has 1 fully saturated rings. The Kier molecular flexibility index (Phi) is 5.14. The van der Waals surface area contributed by atoms with E-state index in [1.54, 1.807) is 6.20 Å². The number of fused-ring (bicyclic) bond motifs is 1. The van der Waals surface area contributed by atoms with E-state index >= 15 is 0 Å². The Morgan fingerprint density at radius 1 is 1.06 bits per heavy atom. The molecule has 0 saturated carbocycles. The van der Waals surface area contributed by atoms with Crippen molar-refractivity contribution in [2.75, 3.05) is 18.8 Å². The lowest BCUT2D eigenvalue weighted by atomic mass is 10.0. The van der Waals surface area contributed by atoms with Crippen LogP contribution in [0.1, 0.15) is 29.7 Å². The molecule has 0 radical (unpaired) electrons. The maximum absolute atomic E-state index is 10.7. The molecule has 2 aromatic heterocycles. The summed E-state index contributed by atoms with van der Waals surface area (Å²) in [5.41, 5.74) is 11.4. The zero-order valence-electron chi connectivity index (χ0n) is 17.3. The topological polar surface area (TPSA) is 90.5 Å². The first-order chi connectivity index (χ1) is 15.2. The number of aromatic hydroxyl groups is 1. The van der Waals surface area contributed by atoms with Crippen molar-refractivity contribution < 1.29 is 5.11 Å². The van der Waals surface area contributed by atoms with E-state index in [-0.39, 0.29) is 5.88 Å². The molecule has 0 unspecified atom stereocenters. The van der Waals surface area contributed by atoms with E-state index < -0.39 is 0 Å². The normalized spacial score (nSPS) is 15.0. The lowest BCUT2D eigenvalue weighted by Gasteiger charge is -2.13. The van der Waals surface area contributed by atoms with Crippen molar-refractivity contribution in [2.24, 2.45) is 4.99 Å². The lowest BCUT2D eigenvalue weighted by Crippen LogP contribution is -2.18. The second-order valence-electron chi connectivity index (χ2n) is 7.97. The maximum atomic E-state index is 10.7. The van der Waals surface area contributed by atoms with Crippen LogP contribution in [0.4, 0.5) is 11.4 Å². The molecule has 1 aliphatic rings. The van der Waals surface area contributed by atoms with Gasteiger partial charge in [0.2, 0.25) is 0 Å². The maximum Gasteiger partial charge on any atom is 0.199 e. The minimum absolute atomic E-state index is 0.0711. The summed E-state index contributed by atoms with van der Waals surface area (Å²) in [6.07, 6.45) is 4.34. The van der Waals surface area contributed by atoms with Crippen LogP contribution in [0.15, 0.2) is 71.9 Å². The van der Waals surface area contributed by atoms with Gasteiger partial charge in [-0.2, -0.15) is 0 Å². The molecule has 0 atom stereocenters. The first-order valence-electron chi connectivity index (χ1n) is 10.6. The third kappa shape index (κ3) is 4.02. The van der Waals surface area contributed by atoms with Crippen LogP contribution in [-0.4, -0.2) is 38.8 Å². The fraction of sp³-hybridized carbons (Fsp3) is 0.200. The average molecular weight is 412 g/mol. The van der Waals surface area contributed by atoms with Crippen LogP contribution >= 0.6 is 0 Å². The summed E-state index contributed by atoms with van der Waals surface area (Å²) < 4.78 is 0. The monoisotopic (exact) mass is 411 g/mol. The van der Waals surface area contributed by atoms with Crippen LogP contribution in [0.3, 0.4) is 0 Å². The van der Waals surface area contributed by atoms with E-state index in [0.717, 1.165) is 47.5 Å². The fourth-order valence-corrected chi connectivity index (χ4v) is 4.18. The first kappa shape index (κ1) is 19.3. The average Bonchev–Trinajstić information content (AvgIpc) is 3.40. The number of likely N-dealkylation sites (tertiary alicyclic amines) is 1. The molecule has 1 aliphatic heterocycles. The zero-order valence-corrected chi connectivity index (χ0v) is 17.3. The van der Waals surface area contributed by atoms with Crippen molar-refractivity contribution >= 4 is 28.0 Å². The molecule has 0 bridgehead atoms. The van der Waals surface area contributed by atoms with Gasteiger partial charge in [-0.3, -0.25) is 9.88 Å². The molecule has 0 aliphatic carbocycles. The number of aliphatic imine (C=N–C) groups is 1. The summed E-state index contributed by atoms with van der Waals surface area (Å²) in [6, 6.07) is 19.5. The molecule has 6 heteroatoms. The van der Waals surface area contributed by atoms with Gasteiger partial charge in [0.1, 0.15) is 0 Å². The zero-order chi connectivity index (χ0) is 21.2. The van der Waals surface area contributed by atoms with Crippen LogP contribution in [-0.2, 0) is 6.54 Å². The number of H-pyrrole nitrogens is 1. The molecular weight excluding hydrogens is 386 g/mol. The van der Waals surface area contributed by atoms with Gasteiger partial charge in [-0.15, -0.1) is 0 Å². The molecule has 6 nitrogen and oxygen atoms in total. The molecule has 0 amide bonds. The summed E-state index contributed by atoms with van der Waals surface area (Å²) in [7, 11) is 0. The predicted molar refractivity (Wildman–Crippen MR) is 125 cm³/mol. The first-order valence-corrected chi connectivity index (χ1v) is 10.6. The highest BCUT2D eigenvalue weighted by Gasteiger charge is 2.19. The standard InChI is InChI=1S/C25H25N5O/c26-18-8-11-21-22(14-18)29-25(31)23(21)24(17-6-2-1-3-7-17)28-19-9-10-20(27-15-19)16-30-12-4-5-13-30/h1-3,6-11,14-15,29,31H,4-5,12-13,16,26H2. The Labute approximate surface area is 181 Å². The van der Waals surface area contributed by atoms with E-state index in [2.05, 4.69) is 14.9 Å². The van der Waals surface area contributed by atoms with Crippen LogP contribution in [0.25, 0.3) is 10.9 Å². The van der Waals surface area contributed by atoms with Crippen molar-refractivity contribution in [3.8, 4) is 5.88 Å². The van der Waals surface area contributed by atoms with Crippen LogP contribution < -0.4 is 5.73 Å². The number of pyridine rings is 1. The van der Waals surface area contributed by atoms with E-state index in [0.29, 0.717) is 17.0 Å². The Morgan fingerprint density at radius 3 is 2.61 bits per heavy atom. The molecular formula is C25H25N5O. The quantitative estimate of drug-likeness (QED) is 0.330. The second-order valence-corrected chi connectivity index (χ2v) is 7.97. The van der Waals surface area contributed by atoms with E-state index in [1.807, 2.05) is 60.7 Å². The number of rotatable bonds is 5. The van der Waals surface area contributed by atoms with Crippen molar-refractivity contribution in [3.05, 3.63) is 83.7 Å². The SMILES string of the molecule is Nc1ccc2c(C(=Nc3ccc(CN4CCCC4)nc3)c3ccccc3)c(O)[nH]c2c1. The third-order valence-electron chi connectivity index (χ3n) is 5.72. The molecule has 1 saturated heterocycles. The Morgan fingerprint density at radius 2 is 1.87 bits per heavy atom. The number of nitrogens with zero attached hydrogens (tertiary/aromatic N) is 3. The van der Waals surface area contributed by atoms with Gasteiger partial charge in [-0.1, -0.05) is 30.3 Å².